The number of nitrogens with two attached hydrogens (primary N) is 1. The van der Waals surface area contributed by atoms with Crippen LogP contribution in [0.4, 0.5) is 0 Å². The summed E-state index contributed by atoms with van der Waals surface area (Å²) < 4.78 is 5.25. The molecule has 1 aromatic carbocycles. The van der Waals surface area contributed by atoms with Crippen LogP contribution in [0.5, 0.6) is 5.75 Å². The number of amides is 1. The number of ether oxygens (including phenoxy) is 1. The van der Waals surface area contributed by atoms with Gasteiger partial charge in [-0.2, -0.15) is 0 Å². The Labute approximate surface area is 114 Å². The van der Waals surface area contributed by atoms with Gasteiger partial charge in [0.05, 0.1) is 13.0 Å². The molecule has 4 heteroatoms. The minimum Gasteiger partial charge on any atom is -0.497 e. The molecule has 1 aliphatic heterocycles. The van der Waals surface area contributed by atoms with Crippen LogP contribution in [0.3, 0.4) is 0 Å². The van der Waals surface area contributed by atoms with E-state index in [0.717, 1.165) is 17.7 Å². The highest BCUT2D eigenvalue weighted by Gasteiger charge is 2.38. The number of hydrogen-bond donors (Lipinski definition) is 2. The summed E-state index contributed by atoms with van der Waals surface area (Å²) in [6.45, 7) is 4.24. The van der Waals surface area contributed by atoms with E-state index in [1.54, 1.807) is 7.11 Å². The van der Waals surface area contributed by atoms with E-state index in [-0.39, 0.29) is 23.8 Å². The summed E-state index contributed by atoms with van der Waals surface area (Å²) in [6.07, 6.45) is 0.966. The summed E-state index contributed by atoms with van der Waals surface area (Å²) >= 11 is 0. The Morgan fingerprint density at radius 1 is 1.42 bits per heavy atom. The van der Waals surface area contributed by atoms with Crippen molar-refractivity contribution in [2.24, 2.45) is 17.6 Å². The highest BCUT2D eigenvalue weighted by molar-refractivity contribution is 5.78. The van der Waals surface area contributed by atoms with E-state index in [1.807, 2.05) is 24.3 Å². The first-order valence-corrected chi connectivity index (χ1v) is 6.72. The third kappa shape index (κ3) is 2.89. The van der Waals surface area contributed by atoms with E-state index in [4.69, 9.17) is 10.5 Å². The molecule has 104 valence electrons. The van der Waals surface area contributed by atoms with Gasteiger partial charge in [-0.05, 0) is 37.0 Å². The van der Waals surface area contributed by atoms with Crippen molar-refractivity contribution in [3.05, 3.63) is 29.8 Å². The molecule has 0 aromatic heterocycles. The van der Waals surface area contributed by atoms with Crippen molar-refractivity contribution >= 4 is 5.91 Å². The Bertz CT molecular complexity index is 461. The molecule has 1 amide bonds. The summed E-state index contributed by atoms with van der Waals surface area (Å²) in [6, 6.07) is 8.17. The Balaban J connectivity index is 2.34. The fourth-order valence-electron chi connectivity index (χ4n) is 3.09. The Morgan fingerprint density at radius 2 is 2.16 bits per heavy atom. The number of methoxy groups -OCH3 is 1. The van der Waals surface area contributed by atoms with Gasteiger partial charge in [0, 0.05) is 12.1 Å². The normalized spacial score (nSPS) is 30.9. The third-order valence-electron chi connectivity index (χ3n) is 3.94. The molecule has 1 heterocycles. The van der Waals surface area contributed by atoms with E-state index < -0.39 is 0 Å². The number of nitrogens with one attached hydrogen (secondary N) is 1. The molecule has 19 heavy (non-hydrogen) atoms. The van der Waals surface area contributed by atoms with Crippen molar-refractivity contribution in [3.8, 4) is 5.75 Å². The quantitative estimate of drug-likeness (QED) is 0.874. The summed E-state index contributed by atoms with van der Waals surface area (Å²) in [5, 5.41) is 3.49. The lowest BCUT2D eigenvalue weighted by atomic mass is 9.76. The van der Waals surface area contributed by atoms with Crippen molar-refractivity contribution in [2.45, 2.75) is 32.4 Å². The number of benzene rings is 1. The maximum absolute atomic E-state index is 11.8. The lowest BCUT2D eigenvalue weighted by Crippen LogP contribution is -2.49. The lowest BCUT2D eigenvalue weighted by molar-refractivity contribution is -0.125. The molecule has 3 N–H and O–H groups in total. The van der Waals surface area contributed by atoms with Gasteiger partial charge in [-0.25, -0.2) is 0 Å². The van der Waals surface area contributed by atoms with Crippen LogP contribution < -0.4 is 15.8 Å². The van der Waals surface area contributed by atoms with E-state index in [0.29, 0.717) is 6.04 Å². The van der Waals surface area contributed by atoms with Crippen LogP contribution in [-0.4, -0.2) is 19.1 Å². The van der Waals surface area contributed by atoms with Crippen molar-refractivity contribution in [3.63, 3.8) is 0 Å². The number of carbonyl (C=O) groups excluding carboxylic acids is 1. The van der Waals surface area contributed by atoms with Gasteiger partial charge in [0.15, 0.2) is 0 Å². The zero-order valence-corrected chi connectivity index (χ0v) is 11.7. The Morgan fingerprint density at radius 3 is 2.79 bits per heavy atom. The maximum atomic E-state index is 11.8. The van der Waals surface area contributed by atoms with E-state index in [2.05, 4.69) is 19.2 Å². The predicted octanol–water partition coefficient (Wildman–Crippen LogP) is 1.86. The van der Waals surface area contributed by atoms with Crippen LogP contribution in [0.25, 0.3) is 0 Å². The average Bonchev–Trinajstić information content (AvgIpc) is 2.37. The van der Waals surface area contributed by atoms with Crippen molar-refractivity contribution in [1.29, 1.82) is 0 Å². The van der Waals surface area contributed by atoms with Gasteiger partial charge in [0.1, 0.15) is 5.75 Å². The highest BCUT2D eigenvalue weighted by atomic mass is 16.5. The summed E-state index contributed by atoms with van der Waals surface area (Å²) in [5.74, 6) is 0.668. The minimum atomic E-state index is -0.236. The number of hydrogen-bond acceptors (Lipinski definition) is 3. The average molecular weight is 262 g/mol. The van der Waals surface area contributed by atoms with Gasteiger partial charge in [0.25, 0.3) is 0 Å². The molecular weight excluding hydrogens is 240 g/mol. The molecule has 0 radical (unpaired) electrons. The molecule has 4 atom stereocenters. The molecule has 4 unspecified atom stereocenters. The number of piperidine rings is 1. The molecule has 1 aromatic rings. The molecular formula is C15H22N2O2. The van der Waals surface area contributed by atoms with Gasteiger partial charge in [0.2, 0.25) is 5.91 Å². The first-order valence-electron chi connectivity index (χ1n) is 6.72. The van der Waals surface area contributed by atoms with Crippen molar-refractivity contribution in [2.75, 3.05) is 7.11 Å². The second kappa shape index (κ2) is 5.61. The fourth-order valence-corrected chi connectivity index (χ4v) is 3.09. The zero-order valence-electron chi connectivity index (χ0n) is 11.7. The monoisotopic (exact) mass is 262 g/mol. The summed E-state index contributed by atoms with van der Waals surface area (Å²) in [4.78, 5) is 11.8. The minimum absolute atomic E-state index is 0.0358. The summed E-state index contributed by atoms with van der Waals surface area (Å²) in [7, 11) is 1.64. The van der Waals surface area contributed by atoms with E-state index >= 15 is 0 Å². The largest absolute Gasteiger partial charge is 0.497 e. The van der Waals surface area contributed by atoms with Gasteiger partial charge in [-0.3, -0.25) is 4.79 Å². The number of primary amides is 1. The van der Waals surface area contributed by atoms with E-state index in [9.17, 15) is 4.79 Å². The molecule has 1 aliphatic rings. The second-order valence-corrected chi connectivity index (χ2v) is 5.46. The Kier molecular flexibility index (Phi) is 4.10. The molecule has 0 aliphatic carbocycles. The van der Waals surface area contributed by atoms with Crippen LogP contribution in [-0.2, 0) is 4.79 Å². The number of carbonyl (C=O) groups is 1. The van der Waals surface area contributed by atoms with Crippen molar-refractivity contribution < 1.29 is 9.53 Å². The number of rotatable bonds is 3. The first-order chi connectivity index (χ1) is 9.02. The molecule has 0 spiro atoms. The third-order valence-corrected chi connectivity index (χ3v) is 3.94. The van der Waals surface area contributed by atoms with Gasteiger partial charge in [-0.15, -0.1) is 0 Å². The van der Waals surface area contributed by atoms with Crippen LogP contribution >= 0.6 is 0 Å². The summed E-state index contributed by atoms with van der Waals surface area (Å²) in [5.41, 5.74) is 6.65. The molecule has 2 rings (SSSR count). The fraction of sp³-hybridized carbons (Fsp3) is 0.533. The smallest absolute Gasteiger partial charge is 0.222 e. The zero-order chi connectivity index (χ0) is 14.0. The standard InChI is InChI=1S/C15H22N2O2/c1-9-7-10(2)17-14(13(9)15(16)18)11-5-4-6-12(8-11)19-3/h4-6,8-10,13-14,17H,7H2,1-3H3,(H2,16,18). The molecule has 0 saturated carbocycles. The topological polar surface area (TPSA) is 64.3 Å². The Hall–Kier alpha value is -1.55. The van der Waals surface area contributed by atoms with Gasteiger partial charge < -0.3 is 15.8 Å². The van der Waals surface area contributed by atoms with Crippen LogP contribution in [0.15, 0.2) is 24.3 Å². The second-order valence-electron chi connectivity index (χ2n) is 5.46. The predicted molar refractivity (Wildman–Crippen MR) is 74.8 cm³/mol. The highest BCUT2D eigenvalue weighted by Crippen LogP contribution is 2.36. The molecule has 4 nitrogen and oxygen atoms in total. The SMILES string of the molecule is COc1cccc(C2NC(C)CC(C)C2C(N)=O)c1. The van der Waals surface area contributed by atoms with Gasteiger partial charge in [-0.1, -0.05) is 19.1 Å². The maximum Gasteiger partial charge on any atom is 0.222 e. The lowest BCUT2D eigenvalue weighted by Gasteiger charge is -2.39. The van der Waals surface area contributed by atoms with Crippen molar-refractivity contribution in [1.82, 2.24) is 5.32 Å². The van der Waals surface area contributed by atoms with Crippen LogP contribution in [0, 0.1) is 11.8 Å². The van der Waals surface area contributed by atoms with Crippen LogP contribution in [0.1, 0.15) is 31.9 Å². The van der Waals surface area contributed by atoms with Crippen LogP contribution in [0.2, 0.25) is 0 Å². The first kappa shape index (κ1) is 13.9. The molecule has 1 saturated heterocycles. The van der Waals surface area contributed by atoms with E-state index in [1.165, 1.54) is 0 Å². The molecule has 0 bridgehead atoms. The van der Waals surface area contributed by atoms with Gasteiger partial charge >= 0.3 is 0 Å². The molecule has 1 fully saturated rings.